The highest BCUT2D eigenvalue weighted by atomic mass is 16.2. The molecular formula is C23H36N2O2. The maximum absolute atomic E-state index is 13.0. The Hall–Kier alpha value is -1.06. The van der Waals surface area contributed by atoms with Crippen LogP contribution in [0, 0.1) is 40.9 Å². The zero-order valence-electron chi connectivity index (χ0n) is 16.8. The molecule has 2 N–H and O–H groups in total. The lowest BCUT2D eigenvalue weighted by Crippen LogP contribution is -2.54. The molecule has 0 spiro atoms. The fourth-order valence-corrected chi connectivity index (χ4v) is 8.21. The summed E-state index contributed by atoms with van der Waals surface area (Å²) >= 11 is 0. The van der Waals surface area contributed by atoms with E-state index >= 15 is 0 Å². The summed E-state index contributed by atoms with van der Waals surface area (Å²) in [5.41, 5.74) is -0.0956. The largest absolute Gasteiger partial charge is 0.355 e. The van der Waals surface area contributed by atoms with E-state index in [1.807, 2.05) is 0 Å². The molecule has 4 heteroatoms. The van der Waals surface area contributed by atoms with Crippen molar-refractivity contribution in [2.75, 3.05) is 6.54 Å². The van der Waals surface area contributed by atoms with E-state index < -0.39 is 0 Å². The Bertz CT molecular complexity index is 580. The maximum Gasteiger partial charge on any atom is 0.226 e. The zero-order valence-corrected chi connectivity index (χ0v) is 16.8. The Morgan fingerprint density at radius 3 is 2.15 bits per heavy atom. The smallest absolute Gasteiger partial charge is 0.226 e. The van der Waals surface area contributed by atoms with Gasteiger partial charge in [-0.25, -0.2) is 0 Å². The lowest BCUT2D eigenvalue weighted by atomic mass is 9.49. The first-order valence-corrected chi connectivity index (χ1v) is 11.6. The molecule has 0 aliphatic heterocycles. The minimum absolute atomic E-state index is 0.0956. The van der Waals surface area contributed by atoms with Crippen LogP contribution in [-0.2, 0) is 9.59 Å². The van der Waals surface area contributed by atoms with E-state index in [4.69, 9.17) is 0 Å². The molecule has 2 amide bonds. The van der Waals surface area contributed by atoms with Crippen LogP contribution in [0.3, 0.4) is 0 Å². The van der Waals surface area contributed by atoms with Crippen LogP contribution in [0.4, 0.5) is 0 Å². The van der Waals surface area contributed by atoms with Crippen LogP contribution >= 0.6 is 0 Å². The lowest BCUT2D eigenvalue weighted by molar-refractivity contribution is -0.146. The summed E-state index contributed by atoms with van der Waals surface area (Å²) in [6.07, 6.45) is 13.2. The maximum atomic E-state index is 13.0. The van der Waals surface area contributed by atoms with Crippen LogP contribution < -0.4 is 10.6 Å². The fraction of sp³-hybridized carbons (Fsp3) is 0.913. The lowest BCUT2D eigenvalue weighted by Gasteiger charge is -2.55. The van der Waals surface area contributed by atoms with Crippen molar-refractivity contribution < 1.29 is 9.59 Å². The van der Waals surface area contributed by atoms with Crippen molar-refractivity contribution in [2.45, 2.75) is 83.6 Å². The Morgan fingerprint density at radius 1 is 0.926 bits per heavy atom. The van der Waals surface area contributed by atoms with E-state index in [0.717, 1.165) is 48.9 Å². The molecule has 0 radical (unpaired) electrons. The predicted octanol–water partition coefficient (Wildman–Crippen LogP) is 3.65. The molecule has 6 rings (SSSR count). The van der Waals surface area contributed by atoms with Crippen molar-refractivity contribution in [3.63, 3.8) is 0 Å². The fourth-order valence-electron chi connectivity index (χ4n) is 8.21. The number of rotatable bonds is 6. The van der Waals surface area contributed by atoms with E-state index in [-0.39, 0.29) is 23.3 Å². The highest BCUT2D eigenvalue weighted by molar-refractivity contribution is 5.84. The number of hydrogen-bond donors (Lipinski definition) is 2. The number of carbonyl (C=O) groups is 2. The summed E-state index contributed by atoms with van der Waals surface area (Å²) in [5, 5.41) is 6.37. The van der Waals surface area contributed by atoms with Gasteiger partial charge in [-0.1, -0.05) is 6.42 Å². The molecule has 6 saturated carbocycles. The molecular weight excluding hydrogens is 336 g/mol. The molecule has 6 aliphatic carbocycles. The van der Waals surface area contributed by atoms with Gasteiger partial charge in [-0.2, -0.15) is 0 Å². The summed E-state index contributed by atoms with van der Waals surface area (Å²) in [4.78, 5) is 25.3. The van der Waals surface area contributed by atoms with Gasteiger partial charge < -0.3 is 10.6 Å². The summed E-state index contributed by atoms with van der Waals surface area (Å²) in [7, 11) is 0. The molecule has 0 aromatic carbocycles. The summed E-state index contributed by atoms with van der Waals surface area (Å²) in [5.74, 6) is 5.13. The van der Waals surface area contributed by atoms with Gasteiger partial charge in [0, 0.05) is 24.4 Å². The van der Waals surface area contributed by atoms with Crippen LogP contribution in [0.5, 0.6) is 0 Å². The van der Waals surface area contributed by atoms with E-state index in [1.54, 1.807) is 0 Å². The van der Waals surface area contributed by atoms with E-state index in [1.165, 1.54) is 44.9 Å². The third-order valence-corrected chi connectivity index (χ3v) is 8.98. The van der Waals surface area contributed by atoms with Crippen LogP contribution in [0.25, 0.3) is 0 Å². The molecule has 0 unspecified atom stereocenters. The Morgan fingerprint density at radius 2 is 1.59 bits per heavy atom. The predicted molar refractivity (Wildman–Crippen MR) is 105 cm³/mol. The second kappa shape index (κ2) is 6.77. The summed E-state index contributed by atoms with van der Waals surface area (Å²) < 4.78 is 0. The minimum atomic E-state index is -0.0956. The highest BCUT2D eigenvalue weighted by Crippen LogP contribution is 2.60. The number of carbonyl (C=O) groups excluding carboxylic acids is 2. The summed E-state index contributed by atoms with van der Waals surface area (Å²) in [6.45, 7) is 2.67. The molecule has 6 fully saturated rings. The Balaban J connectivity index is 1.07. The van der Waals surface area contributed by atoms with Crippen LogP contribution in [0.15, 0.2) is 0 Å². The monoisotopic (exact) mass is 372 g/mol. The molecule has 27 heavy (non-hydrogen) atoms. The molecule has 0 heterocycles. The van der Waals surface area contributed by atoms with E-state index in [0.29, 0.717) is 18.9 Å². The van der Waals surface area contributed by atoms with Crippen molar-refractivity contribution in [2.24, 2.45) is 40.9 Å². The topological polar surface area (TPSA) is 58.2 Å². The molecule has 4 atom stereocenters. The second-order valence-corrected chi connectivity index (χ2v) is 10.9. The Labute approximate surface area is 163 Å². The molecule has 0 aromatic rings. The van der Waals surface area contributed by atoms with Crippen molar-refractivity contribution >= 4 is 11.8 Å². The zero-order chi connectivity index (χ0) is 18.6. The highest BCUT2D eigenvalue weighted by Gasteiger charge is 2.54. The van der Waals surface area contributed by atoms with Crippen LogP contribution in [0.1, 0.15) is 77.6 Å². The van der Waals surface area contributed by atoms with Crippen molar-refractivity contribution in [3.05, 3.63) is 0 Å². The van der Waals surface area contributed by atoms with Gasteiger partial charge in [0.15, 0.2) is 0 Å². The van der Waals surface area contributed by atoms with Gasteiger partial charge in [-0.05, 0) is 100 Å². The van der Waals surface area contributed by atoms with Crippen molar-refractivity contribution in [3.8, 4) is 0 Å². The molecule has 0 saturated heterocycles. The third-order valence-electron chi connectivity index (χ3n) is 8.98. The van der Waals surface area contributed by atoms with Gasteiger partial charge in [0.1, 0.15) is 0 Å². The summed E-state index contributed by atoms with van der Waals surface area (Å²) in [6, 6.07) is 0.284. The van der Waals surface area contributed by atoms with Gasteiger partial charge in [0.2, 0.25) is 11.8 Å². The number of amides is 2. The SMILES string of the molecule is C[C@H](NC(=O)CCNC(=O)C12CC3CC(CC(C3)C1)C2)[C@@H]1C[C@H]2CC[C@H]1C2. The molecule has 4 nitrogen and oxygen atoms in total. The van der Waals surface area contributed by atoms with Gasteiger partial charge in [-0.15, -0.1) is 0 Å². The van der Waals surface area contributed by atoms with Gasteiger partial charge in [-0.3, -0.25) is 9.59 Å². The van der Waals surface area contributed by atoms with Gasteiger partial charge in [0.25, 0.3) is 0 Å². The quantitative estimate of drug-likeness (QED) is 0.748. The number of hydrogen-bond acceptors (Lipinski definition) is 2. The third kappa shape index (κ3) is 3.31. The standard InChI is InChI=1S/C23H36N2O2/c1-14(20-10-15-2-3-19(20)9-15)25-21(26)4-5-24-22(27)23-11-16-6-17(12-23)8-18(7-16)13-23/h14-20H,2-13H2,1H3,(H,24,27)(H,25,26)/t14-,15-,16?,17?,18?,19-,20-,23?/m0/s1. The van der Waals surface area contributed by atoms with Gasteiger partial charge in [0.05, 0.1) is 0 Å². The number of nitrogens with one attached hydrogen (secondary N) is 2. The van der Waals surface area contributed by atoms with E-state index in [2.05, 4.69) is 17.6 Å². The van der Waals surface area contributed by atoms with Crippen LogP contribution in [-0.4, -0.2) is 24.4 Å². The average Bonchev–Trinajstić information content (AvgIpc) is 3.23. The van der Waals surface area contributed by atoms with Crippen molar-refractivity contribution in [1.82, 2.24) is 10.6 Å². The Kier molecular flexibility index (Phi) is 4.52. The first-order chi connectivity index (χ1) is 13.0. The molecule has 150 valence electrons. The van der Waals surface area contributed by atoms with E-state index in [9.17, 15) is 9.59 Å². The molecule has 6 aliphatic rings. The normalized spacial score (nSPS) is 45.1. The van der Waals surface area contributed by atoms with Gasteiger partial charge >= 0.3 is 0 Å². The first kappa shape index (κ1) is 18.0. The number of fused-ring (bicyclic) bond motifs is 2. The van der Waals surface area contributed by atoms with Crippen molar-refractivity contribution in [1.29, 1.82) is 0 Å². The minimum Gasteiger partial charge on any atom is -0.355 e. The first-order valence-electron chi connectivity index (χ1n) is 11.6. The van der Waals surface area contributed by atoms with Crippen LogP contribution in [0.2, 0.25) is 0 Å². The molecule has 0 aromatic heterocycles. The molecule has 6 bridgehead atoms. The average molecular weight is 373 g/mol. The second-order valence-electron chi connectivity index (χ2n) is 10.9.